The number of carbonyl (C=O) groups excluding carboxylic acids is 2. The van der Waals surface area contributed by atoms with Gasteiger partial charge in [-0.25, -0.2) is 0 Å². The predicted octanol–water partition coefficient (Wildman–Crippen LogP) is 5.82. The fraction of sp³-hybridized carbons (Fsp3) is 0.300. The molecule has 0 aliphatic carbocycles. The average molecular weight is 542 g/mol. The summed E-state index contributed by atoms with van der Waals surface area (Å²) < 4.78 is 1.95. The van der Waals surface area contributed by atoms with E-state index in [1.807, 2.05) is 29.2 Å². The second kappa shape index (κ2) is 7.55. The van der Waals surface area contributed by atoms with Gasteiger partial charge in [-0.05, 0) is 62.0 Å². The van der Waals surface area contributed by atoms with Crippen LogP contribution in [0.2, 0.25) is 0 Å². The highest BCUT2D eigenvalue weighted by Crippen LogP contribution is 2.48. The van der Waals surface area contributed by atoms with Crippen LogP contribution in [0, 0.1) is 5.92 Å². The van der Waals surface area contributed by atoms with Crippen LogP contribution in [0.15, 0.2) is 43.0 Å². The Morgan fingerprint density at radius 3 is 1.96 bits per heavy atom. The van der Waals surface area contributed by atoms with Crippen molar-refractivity contribution in [3.8, 4) is 0 Å². The lowest BCUT2D eigenvalue weighted by molar-refractivity contribution is -0.124. The molecule has 0 spiro atoms. The zero-order valence-electron chi connectivity index (χ0n) is 15.6. The van der Waals surface area contributed by atoms with Gasteiger partial charge in [0.25, 0.3) is 11.8 Å². The van der Waals surface area contributed by atoms with E-state index in [0.717, 1.165) is 29.4 Å². The van der Waals surface area contributed by atoms with Crippen molar-refractivity contribution in [1.29, 1.82) is 0 Å². The second-order valence-electron chi connectivity index (χ2n) is 6.95. The molecular formula is C20H18Br2N2O2S2. The van der Waals surface area contributed by atoms with Gasteiger partial charge in [0.05, 0.1) is 39.9 Å². The Labute approximate surface area is 188 Å². The number of rotatable bonds is 5. The Kier molecular flexibility index (Phi) is 5.41. The van der Waals surface area contributed by atoms with Crippen LogP contribution < -0.4 is 0 Å². The van der Waals surface area contributed by atoms with Crippen molar-refractivity contribution < 1.29 is 9.59 Å². The van der Waals surface area contributed by atoms with Gasteiger partial charge in [-0.15, -0.1) is 22.7 Å². The summed E-state index contributed by atoms with van der Waals surface area (Å²) in [7, 11) is 1.75. The van der Waals surface area contributed by atoms with Crippen molar-refractivity contribution in [2.75, 3.05) is 13.6 Å². The Morgan fingerprint density at radius 2 is 1.46 bits per heavy atom. The van der Waals surface area contributed by atoms with Gasteiger partial charge in [0, 0.05) is 13.6 Å². The minimum Gasteiger partial charge on any atom is -0.309 e. The molecule has 146 valence electrons. The first-order chi connectivity index (χ1) is 13.3. The van der Waals surface area contributed by atoms with Gasteiger partial charge in [0.2, 0.25) is 0 Å². The quantitative estimate of drug-likeness (QED) is 0.478. The van der Waals surface area contributed by atoms with E-state index >= 15 is 0 Å². The molecule has 0 N–H and O–H groups in total. The van der Waals surface area contributed by atoms with Crippen LogP contribution in [0.4, 0.5) is 0 Å². The van der Waals surface area contributed by atoms with E-state index in [1.54, 1.807) is 23.3 Å². The van der Waals surface area contributed by atoms with Crippen LogP contribution in [0.5, 0.6) is 0 Å². The van der Waals surface area contributed by atoms with Gasteiger partial charge in [-0.1, -0.05) is 20.3 Å². The lowest BCUT2D eigenvalue weighted by atomic mass is 10.1. The Morgan fingerprint density at radius 1 is 0.929 bits per heavy atom. The van der Waals surface area contributed by atoms with Crippen LogP contribution in [-0.4, -0.2) is 35.2 Å². The average Bonchev–Trinajstić information content (AvgIpc) is 3.39. The summed E-state index contributed by atoms with van der Waals surface area (Å²) in [4.78, 5) is 32.1. The number of carbonyl (C=O) groups is 2. The van der Waals surface area contributed by atoms with Crippen LogP contribution in [0.1, 0.15) is 30.0 Å². The van der Waals surface area contributed by atoms with Gasteiger partial charge in [0.1, 0.15) is 0 Å². The van der Waals surface area contributed by atoms with Crippen LogP contribution in [0.3, 0.4) is 0 Å². The predicted molar refractivity (Wildman–Crippen MR) is 122 cm³/mol. The standard InChI is InChI=1S/C20H18Br2N2O2S2/c1-4-10(2)9-24-18(12-6-8-14(22)28-12)16-15(20(24)26)17(23(3)19(16)25)11-5-7-13(21)27-11/h5-8,10H,4,9H2,1-3H3. The SMILES string of the molecule is CCC(C)CN1C(=O)C2=C(c3ccc(Br)s3)N(C)C(=O)C2=C1c1ccc(Br)s1. The van der Waals surface area contributed by atoms with Crippen LogP contribution in [0.25, 0.3) is 11.4 Å². The lowest BCUT2D eigenvalue weighted by Gasteiger charge is -2.24. The van der Waals surface area contributed by atoms with Crippen LogP contribution >= 0.6 is 54.5 Å². The van der Waals surface area contributed by atoms with E-state index < -0.39 is 0 Å². The minimum absolute atomic E-state index is 0.0768. The first-order valence-electron chi connectivity index (χ1n) is 8.93. The highest BCUT2D eigenvalue weighted by molar-refractivity contribution is 9.11. The van der Waals surface area contributed by atoms with Crippen molar-refractivity contribution in [3.05, 3.63) is 52.7 Å². The number of hydrogen-bond acceptors (Lipinski definition) is 4. The summed E-state index contributed by atoms with van der Waals surface area (Å²) in [5.41, 5.74) is 2.52. The fourth-order valence-corrected chi connectivity index (χ4v) is 6.42. The normalized spacial score (nSPS) is 18.0. The summed E-state index contributed by atoms with van der Waals surface area (Å²) in [5, 5.41) is 0. The maximum absolute atomic E-state index is 13.5. The number of amides is 2. The molecule has 0 bridgehead atoms. The molecule has 2 aromatic heterocycles. The van der Waals surface area contributed by atoms with E-state index in [-0.39, 0.29) is 11.8 Å². The third kappa shape index (κ3) is 3.14. The van der Waals surface area contributed by atoms with Gasteiger partial charge in [-0.3, -0.25) is 9.59 Å². The number of halogens is 2. The van der Waals surface area contributed by atoms with Crippen molar-refractivity contribution in [2.24, 2.45) is 5.92 Å². The molecule has 0 fully saturated rings. The number of fused-ring (bicyclic) bond motifs is 1. The van der Waals surface area contributed by atoms with Crippen molar-refractivity contribution in [1.82, 2.24) is 9.80 Å². The van der Waals surface area contributed by atoms with Gasteiger partial charge in [-0.2, -0.15) is 0 Å². The van der Waals surface area contributed by atoms with E-state index in [2.05, 4.69) is 45.7 Å². The molecular weight excluding hydrogens is 524 g/mol. The van der Waals surface area contributed by atoms with E-state index in [0.29, 0.717) is 29.3 Å². The highest BCUT2D eigenvalue weighted by Gasteiger charge is 2.48. The first-order valence-corrected chi connectivity index (χ1v) is 12.2. The smallest absolute Gasteiger partial charge is 0.261 e. The second-order valence-corrected chi connectivity index (χ2v) is 11.9. The Balaban J connectivity index is 1.95. The van der Waals surface area contributed by atoms with Crippen molar-refractivity contribution >= 4 is 77.7 Å². The number of nitrogens with zero attached hydrogens (tertiary/aromatic N) is 2. The molecule has 2 amide bonds. The maximum atomic E-state index is 13.5. The third-order valence-electron chi connectivity index (χ3n) is 5.11. The maximum Gasteiger partial charge on any atom is 0.261 e. The van der Waals surface area contributed by atoms with Gasteiger partial charge >= 0.3 is 0 Å². The minimum atomic E-state index is -0.117. The number of hydrogen-bond donors (Lipinski definition) is 0. The molecule has 1 atom stereocenters. The van der Waals surface area contributed by atoms with Gasteiger partial charge < -0.3 is 9.80 Å². The lowest BCUT2D eigenvalue weighted by Crippen LogP contribution is -2.31. The molecule has 2 aliphatic rings. The summed E-state index contributed by atoms with van der Waals surface area (Å²) in [6.45, 7) is 4.85. The fourth-order valence-electron chi connectivity index (χ4n) is 3.50. The number of likely N-dealkylation sites (N-methyl/N-ethyl adjacent to an activating group) is 1. The van der Waals surface area contributed by atoms with Crippen LogP contribution in [-0.2, 0) is 9.59 Å². The Bertz CT molecular complexity index is 1050. The summed E-state index contributed by atoms with van der Waals surface area (Å²) in [5.74, 6) is 0.149. The first kappa shape index (κ1) is 20.1. The molecule has 28 heavy (non-hydrogen) atoms. The zero-order chi connectivity index (χ0) is 20.2. The topological polar surface area (TPSA) is 40.6 Å². The molecule has 8 heteroatoms. The monoisotopic (exact) mass is 540 g/mol. The molecule has 0 radical (unpaired) electrons. The summed E-state index contributed by atoms with van der Waals surface area (Å²) in [6.07, 6.45) is 0.970. The van der Waals surface area contributed by atoms with E-state index in [4.69, 9.17) is 0 Å². The summed E-state index contributed by atoms with van der Waals surface area (Å²) in [6, 6.07) is 7.84. The molecule has 0 aromatic carbocycles. The van der Waals surface area contributed by atoms with E-state index in [9.17, 15) is 9.59 Å². The largest absolute Gasteiger partial charge is 0.309 e. The molecule has 4 rings (SSSR count). The molecule has 0 saturated carbocycles. The zero-order valence-corrected chi connectivity index (χ0v) is 20.4. The molecule has 0 saturated heterocycles. The van der Waals surface area contributed by atoms with Gasteiger partial charge in [0.15, 0.2) is 0 Å². The number of thiophene rings is 2. The molecule has 2 aliphatic heterocycles. The third-order valence-corrected chi connectivity index (χ3v) is 8.37. The van der Waals surface area contributed by atoms with Crippen molar-refractivity contribution in [3.63, 3.8) is 0 Å². The highest BCUT2D eigenvalue weighted by atomic mass is 79.9. The Hall–Kier alpha value is -1.22. The molecule has 4 heterocycles. The molecule has 2 aromatic rings. The summed E-state index contributed by atoms with van der Waals surface area (Å²) >= 11 is 10.1. The molecule has 4 nitrogen and oxygen atoms in total. The van der Waals surface area contributed by atoms with E-state index in [1.165, 1.54) is 11.3 Å². The van der Waals surface area contributed by atoms with Crippen molar-refractivity contribution in [2.45, 2.75) is 20.3 Å². The molecule has 1 unspecified atom stereocenters.